The van der Waals surface area contributed by atoms with Gasteiger partial charge in [-0.05, 0) is 13.3 Å². The summed E-state index contributed by atoms with van der Waals surface area (Å²) in [6, 6.07) is 0.338. The van der Waals surface area contributed by atoms with Gasteiger partial charge in [-0.1, -0.05) is 0 Å². The molecular weight excluding hydrogens is 324 g/mol. The van der Waals surface area contributed by atoms with Crippen molar-refractivity contribution in [3.8, 4) is 0 Å². The Hall–Kier alpha value is -1.71. The first kappa shape index (κ1) is 17.6. The van der Waals surface area contributed by atoms with Crippen molar-refractivity contribution >= 4 is 24.0 Å². The number of rotatable bonds is 3. The van der Waals surface area contributed by atoms with E-state index in [4.69, 9.17) is 0 Å². The lowest BCUT2D eigenvalue weighted by molar-refractivity contribution is -0.385. The molecule has 9 nitrogen and oxygen atoms in total. The monoisotopic (exact) mass is 344 g/mol. The highest BCUT2D eigenvalue weighted by Crippen LogP contribution is 2.24. The number of nitro groups is 1. The van der Waals surface area contributed by atoms with Crippen molar-refractivity contribution in [3.05, 3.63) is 21.5 Å². The maximum absolute atomic E-state index is 12.5. The van der Waals surface area contributed by atoms with Crippen LogP contribution in [0.3, 0.4) is 0 Å². The fourth-order valence-corrected chi connectivity index (χ4v) is 3.22. The lowest BCUT2D eigenvalue weighted by Gasteiger charge is -2.32. The molecule has 0 saturated carbocycles. The van der Waals surface area contributed by atoms with Gasteiger partial charge in [0.25, 0.3) is 5.91 Å². The maximum atomic E-state index is 12.5. The summed E-state index contributed by atoms with van der Waals surface area (Å²) >= 11 is 0. The van der Waals surface area contributed by atoms with Crippen molar-refractivity contribution in [2.75, 3.05) is 39.3 Å². The minimum atomic E-state index is -0.546. The van der Waals surface area contributed by atoms with E-state index in [9.17, 15) is 14.9 Å². The number of hydrogen-bond acceptors (Lipinski definition) is 6. The first-order valence-electron chi connectivity index (χ1n) is 7.51. The molecule has 128 valence electrons. The van der Waals surface area contributed by atoms with Crippen LogP contribution in [-0.4, -0.2) is 76.1 Å². The molecule has 1 aromatic rings. The Balaban J connectivity index is 0.00000192. The number of halogens is 1. The molecule has 2 N–H and O–H groups in total. The highest BCUT2D eigenvalue weighted by Gasteiger charge is 2.36. The van der Waals surface area contributed by atoms with Crippen molar-refractivity contribution < 1.29 is 9.72 Å². The number of amides is 1. The molecule has 2 fully saturated rings. The number of aromatic nitrogens is 2. The van der Waals surface area contributed by atoms with Gasteiger partial charge in [-0.15, -0.1) is 12.4 Å². The van der Waals surface area contributed by atoms with Crippen LogP contribution in [0.15, 0.2) is 0 Å². The summed E-state index contributed by atoms with van der Waals surface area (Å²) in [6.45, 7) is 6.68. The van der Waals surface area contributed by atoms with Crippen molar-refractivity contribution in [3.63, 3.8) is 0 Å². The van der Waals surface area contributed by atoms with Gasteiger partial charge in [0.2, 0.25) is 5.69 Å². The van der Waals surface area contributed by atoms with Gasteiger partial charge in [0.1, 0.15) is 5.69 Å². The molecule has 0 bridgehead atoms. The predicted molar refractivity (Wildman–Crippen MR) is 86.0 cm³/mol. The van der Waals surface area contributed by atoms with Crippen LogP contribution in [-0.2, 0) is 0 Å². The van der Waals surface area contributed by atoms with E-state index in [0.717, 1.165) is 32.6 Å². The largest absolute Gasteiger partial charge is 0.335 e. The molecule has 0 aromatic carbocycles. The van der Waals surface area contributed by atoms with Gasteiger partial charge >= 0.3 is 5.69 Å². The van der Waals surface area contributed by atoms with Gasteiger partial charge in [0.05, 0.1) is 4.92 Å². The maximum Gasteiger partial charge on any atom is 0.322 e. The highest BCUT2D eigenvalue weighted by molar-refractivity contribution is 5.96. The molecule has 2 saturated heterocycles. The van der Waals surface area contributed by atoms with E-state index >= 15 is 0 Å². The summed E-state index contributed by atoms with van der Waals surface area (Å²) in [5.41, 5.74) is 0.0188. The van der Waals surface area contributed by atoms with Crippen LogP contribution in [0.4, 0.5) is 5.69 Å². The second-order valence-electron chi connectivity index (χ2n) is 5.78. The van der Waals surface area contributed by atoms with E-state index in [1.54, 1.807) is 11.8 Å². The molecular formula is C13H21ClN6O3. The Kier molecular flexibility index (Phi) is 5.55. The Bertz CT molecular complexity index is 586. The highest BCUT2D eigenvalue weighted by atomic mass is 35.5. The first-order valence-corrected chi connectivity index (χ1v) is 7.51. The molecule has 1 aromatic heterocycles. The molecule has 1 unspecified atom stereocenters. The van der Waals surface area contributed by atoms with Crippen LogP contribution >= 0.6 is 12.4 Å². The van der Waals surface area contributed by atoms with Crippen LogP contribution in [0.1, 0.15) is 22.6 Å². The second-order valence-corrected chi connectivity index (χ2v) is 5.78. The number of likely N-dealkylation sites (tertiary alicyclic amines) is 1. The number of aryl methyl sites for hydroxylation is 1. The predicted octanol–water partition coefficient (Wildman–Crippen LogP) is 0.168. The first-order chi connectivity index (χ1) is 10.6. The Labute approximate surface area is 140 Å². The summed E-state index contributed by atoms with van der Waals surface area (Å²) < 4.78 is 0. The average molecular weight is 345 g/mol. The third kappa shape index (κ3) is 3.46. The molecule has 0 aliphatic carbocycles. The molecule has 1 amide bonds. The number of aromatic amines is 1. The molecule has 2 aliphatic rings. The van der Waals surface area contributed by atoms with Gasteiger partial charge < -0.3 is 10.2 Å². The van der Waals surface area contributed by atoms with Crippen LogP contribution < -0.4 is 5.32 Å². The van der Waals surface area contributed by atoms with Gasteiger partial charge in [-0.2, -0.15) is 5.10 Å². The number of hydrogen-bond donors (Lipinski definition) is 2. The van der Waals surface area contributed by atoms with Crippen LogP contribution in [0.2, 0.25) is 0 Å². The number of piperazine rings is 1. The number of nitrogens with zero attached hydrogens (tertiary/aromatic N) is 4. The quantitative estimate of drug-likeness (QED) is 0.597. The Morgan fingerprint density at radius 2 is 2.04 bits per heavy atom. The zero-order chi connectivity index (χ0) is 15.7. The van der Waals surface area contributed by atoms with E-state index < -0.39 is 4.92 Å². The number of carbonyl (C=O) groups excluding carboxylic acids is 1. The summed E-state index contributed by atoms with van der Waals surface area (Å²) in [5, 5.41) is 20.8. The van der Waals surface area contributed by atoms with Gasteiger partial charge in [0, 0.05) is 45.3 Å². The normalized spacial score (nSPS) is 22.0. The summed E-state index contributed by atoms with van der Waals surface area (Å²) in [7, 11) is 0. The molecule has 2 aliphatic heterocycles. The molecule has 0 radical (unpaired) electrons. The van der Waals surface area contributed by atoms with E-state index in [2.05, 4.69) is 20.4 Å². The minimum Gasteiger partial charge on any atom is -0.335 e. The smallest absolute Gasteiger partial charge is 0.322 e. The van der Waals surface area contributed by atoms with Crippen molar-refractivity contribution in [1.82, 2.24) is 25.3 Å². The van der Waals surface area contributed by atoms with Crippen LogP contribution in [0.25, 0.3) is 0 Å². The Morgan fingerprint density at radius 3 is 2.70 bits per heavy atom. The van der Waals surface area contributed by atoms with Crippen molar-refractivity contribution in [2.45, 2.75) is 19.4 Å². The van der Waals surface area contributed by atoms with E-state index in [1.165, 1.54) is 0 Å². The lowest BCUT2D eigenvalue weighted by Crippen LogP contribution is -2.49. The number of H-pyrrole nitrogens is 1. The molecule has 10 heteroatoms. The molecule has 23 heavy (non-hydrogen) atoms. The molecule has 3 rings (SSSR count). The average Bonchev–Trinajstić information content (AvgIpc) is 3.14. The molecule has 1 atom stereocenters. The topological polar surface area (TPSA) is 107 Å². The SMILES string of the molecule is Cc1[nH]nc(C(=O)N2CCC(N3CCNCC3)C2)c1[N+](=O)[O-].Cl. The van der Waals surface area contributed by atoms with Gasteiger partial charge in [-0.25, -0.2) is 0 Å². The van der Waals surface area contributed by atoms with Gasteiger partial charge in [-0.3, -0.25) is 24.9 Å². The lowest BCUT2D eigenvalue weighted by atomic mass is 10.2. The summed E-state index contributed by atoms with van der Waals surface area (Å²) in [4.78, 5) is 27.1. The van der Waals surface area contributed by atoms with Gasteiger partial charge in [0.15, 0.2) is 0 Å². The van der Waals surface area contributed by atoms with Crippen molar-refractivity contribution in [2.24, 2.45) is 0 Å². The van der Waals surface area contributed by atoms with Crippen LogP contribution in [0, 0.1) is 17.0 Å². The molecule has 3 heterocycles. The van der Waals surface area contributed by atoms with Crippen LogP contribution in [0.5, 0.6) is 0 Å². The zero-order valence-electron chi connectivity index (χ0n) is 12.9. The zero-order valence-corrected chi connectivity index (χ0v) is 13.8. The van der Waals surface area contributed by atoms with Crippen molar-refractivity contribution in [1.29, 1.82) is 0 Å². The standard InChI is InChI=1S/C13H20N6O3.ClH/c1-9-12(19(21)22)11(16-15-9)13(20)18-5-2-10(8-18)17-6-3-14-4-7-17;/h10,14H,2-8H2,1H3,(H,15,16);1H. The summed E-state index contributed by atoms with van der Waals surface area (Å²) in [6.07, 6.45) is 0.906. The van der Waals surface area contributed by atoms with E-state index in [0.29, 0.717) is 24.8 Å². The van der Waals surface area contributed by atoms with E-state index in [-0.39, 0.29) is 29.7 Å². The second kappa shape index (κ2) is 7.24. The fraction of sp³-hybridized carbons (Fsp3) is 0.692. The fourth-order valence-electron chi connectivity index (χ4n) is 3.22. The third-order valence-electron chi connectivity index (χ3n) is 4.42. The third-order valence-corrected chi connectivity index (χ3v) is 4.42. The number of carbonyl (C=O) groups is 1. The summed E-state index contributed by atoms with van der Waals surface area (Å²) in [5.74, 6) is -0.353. The molecule has 0 spiro atoms. The van der Waals surface area contributed by atoms with E-state index in [1.807, 2.05) is 0 Å². The Morgan fingerprint density at radius 1 is 1.35 bits per heavy atom. The number of nitrogens with one attached hydrogen (secondary N) is 2. The minimum absolute atomic E-state index is 0.